The first kappa shape index (κ1) is 17.0. The monoisotopic (exact) mass is 346 g/mol. The average Bonchev–Trinajstić information content (AvgIpc) is 2.67. The molecule has 2 atom stereocenters. The number of benzene rings is 1. The van der Waals surface area contributed by atoms with Crippen molar-refractivity contribution in [3.63, 3.8) is 0 Å². The van der Waals surface area contributed by atoms with Gasteiger partial charge in [-0.25, -0.2) is 9.18 Å². The normalized spacial score (nSPS) is 20.0. The second-order valence-corrected chi connectivity index (χ2v) is 5.89. The Morgan fingerprint density at radius 3 is 2.50 bits per heavy atom. The Labute approximate surface area is 138 Å². The van der Waals surface area contributed by atoms with E-state index in [2.05, 4.69) is 0 Å². The number of carbonyl (C=O) groups excluding carboxylic acids is 2. The van der Waals surface area contributed by atoms with Gasteiger partial charge in [-0.3, -0.25) is 9.69 Å². The van der Waals surface area contributed by atoms with Crippen molar-refractivity contribution in [2.45, 2.75) is 38.7 Å². The molecule has 2 rings (SSSR count). The molecule has 0 aromatic heterocycles. The van der Waals surface area contributed by atoms with Gasteiger partial charge in [0.2, 0.25) is 0 Å². The van der Waals surface area contributed by atoms with Crippen LogP contribution in [0.2, 0.25) is 5.02 Å². The summed E-state index contributed by atoms with van der Waals surface area (Å²) in [6.07, 6.45) is 0. The summed E-state index contributed by atoms with van der Waals surface area (Å²) in [5.41, 5.74) is 1.09. The maximum Gasteiger partial charge on any atom is 0.327 e. The van der Waals surface area contributed by atoms with Crippen LogP contribution in [0.4, 0.5) is 9.18 Å². The van der Waals surface area contributed by atoms with Gasteiger partial charge in [0, 0.05) is 17.4 Å². The molecule has 1 aromatic rings. The number of rotatable bonds is 4. The van der Waals surface area contributed by atoms with Crippen molar-refractivity contribution in [2.24, 2.45) is 0 Å². The van der Waals surface area contributed by atoms with Gasteiger partial charge >= 0.3 is 6.03 Å². The van der Waals surface area contributed by atoms with Crippen molar-refractivity contribution < 1.29 is 14.0 Å². The molecule has 120 valence electrons. The SMILES string of the molecule is CCN1C(=O)C(C)N(C(C)c2cc(F)cc(Cl)c2CCl)C1=O. The van der Waals surface area contributed by atoms with Gasteiger partial charge in [0.15, 0.2) is 0 Å². The number of carbonyl (C=O) groups is 2. The molecule has 2 unspecified atom stereocenters. The molecule has 4 nitrogen and oxygen atoms in total. The predicted octanol–water partition coefficient (Wildman–Crippen LogP) is 3.95. The fourth-order valence-corrected chi connectivity index (χ4v) is 3.47. The van der Waals surface area contributed by atoms with Crippen molar-refractivity contribution in [3.8, 4) is 0 Å². The summed E-state index contributed by atoms with van der Waals surface area (Å²) in [4.78, 5) is 27.2. The molecule has 1 aliphatic heterocycles. The number of hydrogen-bond donors (Lipinski definition) is 0. The second-order valence-electron chi connectivity index (χ2n) is 5.21. The van der Waals surface area contributed by atoms with E-state index in [1.165, 1.54) is 21.9 Å². The number of imide groups is 1. The fourth-order valence-electron chi connectivity index (χ4n) is 2.82. The van der Waals surface area contributed by atoms with Crippen LogP contribution in [0.5, 0.6) is 0 Å². The van der Waals surface area contributed by atoms with Crippen molar-refractivity contribution in [2.75, 3.05) is 6.54 Å². The molecule has 1 fully saturated rings. The topological polar surface area (TPSA) is 40.6 Å². The molecule has 0 bridgehead atoms. The van der Waals surface area contributed by atoms with Gasteiger partial charge in [0.25, 0.3) is 5.91 Å². The molecule has 3 amide bonds. The van der Waals surface area contributed by atoms with Gasteiger partial charge in [0.05, 0.1) is 6.04 Å². The van der Waals surface area contributed by atoms with Crippen LogP contribution >= 0.6 is 23.2 Å². The number of hydrogen-bond acceptors (Lipinski definition) is 2. The van der Waals surface area contributed by atoms with E-state index < -0.39 is 17.9 Å². The highest BCUT2D eigenvalue weighted by Crippen LogP contribution is 2.34. The minimum Gasteiger partial charge on any atom is -0.306 e. The number of alkyl halides is 1. The Balaban J connectivity index is 2.46. The third kappa shape index (κ3) is 2.68. The Hall–Kier alpha value is -1.33. The van der Waals surface area contributed by atoms with Gasteiger partial charge in [-0.15, -0.1) is 11.6 Å². The zero-order valence-electron chi connectivity index (χ0n) is 12.6. The quantitative estimate of drug-likeness (QED) is 0.611. The molecule has 0 saturated carbocycles. The van der Waals surface area contributed by atoms with E-state index >= 15 is 0 Å². The highest BCUT2D eigenvalue weighted by molar-refractivity contribution is 6.32. The second kappa shape index (κ2) is 6.42. The molecule has 1 aliphatic rings. The lowest BCUT2D eigenvalue weighted by Crippen LogP contribution is -2.36. The molecule has 1 saturated heterocycles. The van der Waals surface area contributed by atoms with Gasteiger partial charge in [-0.05, 0) is 44.0 Å². The largest absolute Gasteiger partial charge is 0.327 e. The first-order chi connectivity index (χ1) is 10.3. The number of urea groups is 1. The average molecular weight is 347 g/mol. The van der Waals surface area contributed by atoms with Crippen LogP contribution < -0.4 is 0 Å². The van der Waals surface area contributed by atoms with Crippen LogP contribution in [-0.2, 0) is 10.7 Å². The zero-order valence-corrected chi connectivity index (χ0v) is 14.1. The Bertz CT molecular complexity index is 624. The van der Waals surface area contributed by atoms with Crippen LogP contribution in [-0.4, -0.2) is 34.3 Å². The van der Waals surface area contributed by atoms with E-state index in [4.69, 9.17) is 23.2 Å². The van der Waals surface area contributed by atoms with Crippen molar-refractivity contribution >= 4 is 35.1 Å². The molecular formula is C15H17Cl2FN2O2. The van der Waals surface area contributed by atoms with E-state index in [-0.39, 0.29) is 22.8 Å². The van der Waals surface area contributed by atoms with Crippen LogP contribution in [0.15, 0.2) is 12.1 Å². The smallest absolute Gasteiger partial charge is 0.306 e. The van der Waals surface area contributed by atoms with Gasteiger partial charge < -0.3 is 4.90 Å². The lowest BCUT2D eigenvalue weighted by atomic mass is 10.00. The standard InChI is InChI=1S/C15H17Cl2FN2O2/c1-4-19-14(21)9(3)20(15(19)22)8(2)11-5-10(18)6-13(17)12(11)7-16/h5-6,8-9H,4,7H2,1-3H3. The highest BCUT2D eigenvalue weighted by Gasteiger charge is 2.44. The third-order valence-electron chi connectivity index (χ3n) is 4.00. The van der Waals surface area contributed by atoms with E-state index in [1.54, 1.807) is 20.8 Å². The molecule has 1 heterocycles. The molecule has 0 N–H and O–H groups in total. The molecular weight excluding hydrogens is 330 g/mol. The lowest BCUT2D eigenvalue weighted by Gasteiger charge is -2.28. The Morgan fingerprint density at radius 2 is 2.00 bits per heavy atom. The van der Waals surface area contributed by atoms with Gasteiger partial charge in [-0.1, -0.05) is 11.6 Å². The summed E-state index contributed by atoms with van der Waals surface area (Å²) in [6, 6.07) is 1.01. The third-order valence-corrected chi connectivity index (χ3v) is 4.61. The van der Waals surface area contributed by atoms with Gasteiger partial charge in [0.1, 0.15) is 11.9 Å². The minimum atomic E-state index is -0.604. The first-order valence-electron chi connectivity index (χ1n) is 7.00. The van der Waals surface area contributed by atoms with Crippen molar-refractivity contribution in [3.05, 3.63) is 34.1 Å². The van der Waals surface area contributed by atoms with E-state index in [1.807, 2.05) is 0 Å². The number of amides is 3. The molecule has 22 heavy (non-hydrogen) atoms. The van der Waals surface area contributed by atoms with Crippen molar-refractivity contribution in [1.29, 1.82) is 0 Å². The maximum atomic E-state index is 13.7. The number of halogens is 3. The van der Waals surface area contributed by atoms with Crippen LogP contribution in [0.1, 0.15) is 37.9 Å². The minimum absolute atomic E-state index is 0.0979. The zero-order chi connectivity index (χ0) is 16.6. The van der Waals surface area contributed by atoms with Crippen LogP contribution in [0, 0.1) is 5.82 Å². The summed E-state index contributed by atoms with van der Waals surface area (Å²) >= 11 is 11.9. The molecule has 0 radical (unpaired) electrons. The predicted molar refractivity (Wildman–Crippen MR) is 83.5 cm³/mol. The number of likely N-dealkylation sites (N-methyl/N-ethyl adjacent to an activating group) is 1. The Morgan fingerprint density at radius 1 is 1.36 bits per heavy atom. The van der Waals surface area contributed by atoms with E-state index in [9.17, 15) is 14.0 Å². The number of nitrogens with zero attached hydrogens (tertiary/aromatic N) is 2. The summed E-state index contributed by atoms with van der Waals surface area (Å²) in [6.45, 7) is 5.44. The van der Waals surface area contributed by atoms with Crippen molar-refractivity contribution in [1.82, 2.24) is 9.80 Å². The Kier molecular flexibility index (Phi) is 4.97. The highest BCUT2D eigenvalue weighted by atomic mass is 35.5. The van der Waals surface area contributed by atoms with E-state index in [0.29, 0.717) is 17.7 Å². The van der Waals surface area contributed by atoms with E-state index in [0.717, 1.165) is 0 Å². The summed E-state index contributed by atoms with van der Waals surface area (Å²) < 4.78 is 13.7. The first-order valence-corrected chi connectivity index (χ1v) is 7.92. The van der Waals surface area contributed by atoms with Gasteiger partial charge in [-0.2, -0.15) is 0 Å². The molecule has 1 aromatic carbocycles. The maximum absolute atomic E-state index is 13.7. The summed E-state index contributed by atoms with van der Waals surface area (Å²) in [5.74, 6) is -0.659. The molecule has 0 spiro atoms. The fraction of sp³-hybridized carbons (Fsp3) is 0.467. The summed E-state index contributed by atoms with van der Waals surface area (Å²) in [7, 11) is 0. The van der Waals surface area contributed by atoms with Crippen LogP contribution in [0.3, 0.4) is 0 Å². The summed E-state index contributed by atoms with van der Waals surface area (Å²) in [5, 5.41) is 0.217. The molecule has 0 aliphatic carbocycles. The lowest BCUT2D eigenvalue weighted by molar-refractivity contribution is -0.127. The molecule has 7 heteroatoms. The van der Waals surface area contributed by atoms with Crippen LogP contribution in [0.25, 0.3) is 0 Å².